The van der Waals surface area contributed by atoms with Gasteiger partial charge in [0, 0.05) is 94.9 Å². The molecule has 2 bridgehead atoms. The zero-order chi connectivity index (χ0) is 75.5. The summed E-state index contributed by atoms with van der Waals surface area (Å²) in [5.41, 5.74) is 13.7. The number of carboxylic acid groups (broad SMARTS) is 1. The summed E-state index contributed by atoms with van der Waals surface area (Å²) >= 11 is 2.48. The fourth-order valence-electron chi connectivity index (χ4n) is 12.7. The number of H-pyrrole nitrogens is 3. The fourth-order valence-corrected chi connectivity index (χ4v) is 14.6. The van der Waals surface area contributed by atoms with Crippen molar-refractivity contribution >= 4 is 110 Å². The Morgan fingerprint density at radius 1 is 0.629 bits per heavy atom. The van der Waals surface area contributed by atoms with Gasteiger partial charge in [0.05, 0.1) is 12.7 Å². The molecule has 1 fully saturated rings. The number of thioether (sulfide) groups is 2. The second-order valence-corrected chi connectivity index (χ2v) is 28.5. The molecule has 105 heavy (non-hydrogen) atoms. The number of aromatic amines is 3. The van der Waals surface area contributed by atoms with Crippen molar-refractivity contribution in [1.82, 2.24) is 67.4 Å². The number of aryl methyl sites for hydroxylation is 2. The summed E-state index contributed by atoms with van der Waals surface area (Å²) in [7, 11) is 0. The molecule has 7 aromatic rings. The number of aromatic hydroxyl groups is 1. The summed E-state index contributed by atoms with van der Waals surface area (Å²) in [5.74, 6) is -12.1. The Balaban J connectivity index is 1.07. The number of fused-ring (bicyclic) bond motifs is 5. The van der Waals surface area contributed by atoms with E-state index in [1.54, 1.807) is 12.3 Å². The summed E-state index contributed by atoms with van der Waals surface area (Å²) < 4.78 is 45.0. The first-order chi connectivity index (χ1) is 50.2. The number of hydrogen-bond acceptors (Lipinski definition) is 16. The standard InChI is InChI=1S/C72H86F3N15O13S2/c1-39-64(96)84-55(15-9-43-32-79-52-16-10-45(73)29-50(43)52)66(98)86-57(28-44-33-80-53-17-11-46(74)30-51(44)53)68(100)87-58(31-62(93)94)69(101)85-56(18-12-48-34-78-38-81-48)67(99)88-59(27-40-7-13-49(91)14-8-40)70(102)90-22-5-20-72(90,2)71(103)89-60(63(77)95)37-105-36-42-24-41(25-47(75)26-42)35-104-23-19-61(92)83-54(65(97)82-39)6-3-4-21-76/h7-8,10-11,13-14,16-17,24-26,29-30,32-34,38-39,54-60,79-80,91H,3-6,9,12,15,18-23,27-28,31,35-37,76H2,1-2H3,(H2,77,95)(H,78,81)(H,82,97)(H,83,92)(H,84,96)(H,85,101)(H,86,98)(H,87,100)(H,88,99)(H,89,103)(H,93,94)/t39-,54+,55+,56+,57+,58+,59+,60+,72+/m1/s1. The molecule has 0 unspecified atom stereocenters. The molecule has 0 spiro atoms. The van der Waals surface area contributed by atoms with Crippen molar-refractivity contribution in [2.45, 2.75) is 163 Å². The summed E-state index contributed by atoms with van der Waals surface area (Å²) in [5, 5.41) is 42.5. The van der Waals surface area contributed by atoms with Crippen molar-refractivity contribution in [2.24, 2.45) is 11.5 Å². The Kier molecular flexibility index (Phi) is 27.6. The Morgan fingerprint density at radius 2 is 1.21 bits per heavy atom. The highest BCUT2D eigenvalue weighted by Gasteiger charge is 2.49. The number of carboxylic acids is 1. The number of benzene rings is 4. The lowest BCUT2D eigenvalue weighted by Crippen LogP contribution is -2.63. The smallest absolute Gasteiger partial charge is 0.305 e. The van der Waals surface area contributed by atoms with Crippen molar-refractivity contribution in [2.75, 3.05) is 24.6 Å². The number of primary amides is 1. The number of aromatic nitrogens is 4. The molecule has 5 heterocycles. The number of imidazole rings is 1. The Hall–Kier alpha value is -10.4. The third kappa shape index (κ3) is 21.8. The summed E-state index contributed by atoms with van der Waals surface area (Å²) in [6, 6.07) is 5.41. The second-order valence-electron chi connectivity index (χ2n) is 26.4. The van der Waals surface area contributed by atoms with Crippen molar-refractivity contribution in [3.05, 3.63) is 155 Å². The SMILES string of the molecule is C[C@H]1NC(=O)[C@H](CCCCN)NC(=O)CCSCc2cc(F)cc(c2)CSC[C@@H](C(N)=O)NC(=O)[C@]2(C)CCCN2C(=O)[C@H](Cc2ccc(O)cc2)NC(=O)[C@H](CCc2cnc[nH]2)NC(=O)[C@H](CC(=O)O)NC(=O)[C@H](Cc2c[nH]c3ccc(F)cc23)NC(=O)[C@H](CCc2c[nH]c3ccc(F)cc23)NC1=O. The molecule has 4 aromatic carbocycles. The first kappa shape index (κ1) is 78.7. The van der Waals surface area contributed by atoms with Crippen LogP contribution in [-0.4, -0.2) is 179 Å². The molecule has 560 valence electrons. The van der Waals surface area contributed by atoms with E-state index >= 15 is 28.0 Å². The van der Waals surface area contributed by atoms with Crippen LogP contribution in [0.5, 0.6) is 5.75 Å². The Bertz CT molecular complexity index is 4300. The van der Waals surface area contributed by atoms with Gasteiger partial charge in [-0.25, -0.2) is 18.2 Å². The van der Waals surface area contributed by atoms with Crippen LogP contribution in [0.25, 0.3) is 21.8 Å². The van der Waals surface area contributed by atoms with E-state index in [4.69, 9.17) is 11.5 Å². The van der Waals surface area contributed by atoms with Crippen molar-refractivity contribution in [1.29, 1.82) is 0 Å². The molecule has 10 amide bonds. The van der Waals surface area contributed by atoms with Gasteiger partial charge in [-0.15, -0.1) is 0 Å². The average Bonchev–Trinajstić information content (AvgIpc) is 1.68. The highest BCUT2D eigenvalue weighted by Crippen LogP contribution is 2.32. The first-order valence-electron chi connectivity index (χ1n) is 34.4. The molecule has 3 aromatic heterocycles. The summed E-state index contributed by atoms with van der Waals surface area (Å²) in [4.78, 5) is 172. The number of nitrogens with one attached hydrogen (secondary N) is 11. The van der Waals surface area contributed by atoms with Gasteiger partial charge in [-0.1, -0.05) is 18.2 Å². The lowest BCUT2D eigenvalue weighted by Gasteiger charge is -2.37. The maximum atomic E-state index is 15.3. The molecule has 9 atom stereocenters. The molecule has 0 radical (unpaired) electrons. The van der Waals surface area contributed by atoms with E-state index in [9.17, 15) is 48.2 Å². The number of carbonyl (C=O) groups excluding carboxylic acids is 10. The quantitative estimate of drug-likeness (QED) is 0.0580. The maximum absolute atomic E-state index is 15.3. The average molecular weight is 1490 g/mol. The van der Waals surface area contributed by atoms with Gasteiger partial charge in [-0.2, -0.15) is 23.5 Å². The lowest BCUT2D eigenvalue weighted by atomic mass is 9.95. The van der Waals surface area contributed by atoms with Crippen LogP contribution in [0.1, 0.15) is 105 Å². The topological polar surface area (TPSA) is 440 Å². The van der Waals surface area contributed by atoms with Crippen LogP contribution in [0, 0.1) is 17.5 Å². The number of aliphatic carboxylic acids is 1. The van der Waals surface area contributed by atoms with Gasteiger partial charge in [0.2, 0.25) is 59.1 Å². The van der Waals surface area contributed by atoms with Crippen LogP contribution in [0.3, 0.4) is 0 Å². The van der Waals surface area contributed by atoms with Gasteiger partial charge in [0.25, 0.3) is 0 Å². The van der Waals surface area contributed by atoms with E-state index in [1.807, 2.05) is 0 Å². The molecule has 2 aliphatic heterocycles. The second kappa shape index (κ2) is 36.8. The number of nitrogens with two attached hydrogens (primary N) is 2. The van der Waals surface area contributed by atoms with Gasteiger partial charge in [-0.05, 0) is 167 Å². The van der Waals surface area contributed by atoms with Crippen LogP contribution < -0.4 is 54.0 Å². The molecule has 0 aliphatic carbocycles. The minimum atomic E-state index is -2.04. The van der Waals surface area contributed by atoms with Gasteiger partial charge < -0.3 is 84.1 Å². The largest absolute Gasteiger partial charge is 0.508 e. The van der Waals surface area contributed by atoms with E-state index in [-0.39, 0.29) is 111 Å². The van der Waals surface area contributed by atoms with Crippen LogP contribution in [0.4, 0.5) is 13.2 Å². The third-order valence-corrected chi connectivity index (χ3v) is 20.6. The molecule has 2 aliphatic rings. The van der Waals surface area contributed by atoms with Gasteiger partial charge >= 0.3 is 5.97 Å². The van der Waals surface area contributed by atoms with E-state index in [2.05, 4.69) is 62.5 Å². The van der Waals surface area contributed by atoms with Crippen LogP contribution in [-0.2, 0) is 89.9 Å². The molecule has 28 nitrogen and oxygen atoms in total. The van der Waals surface area contributed by atoms with E-state index < -0.39 is 149 Å². The monoisotopic (exact) mass is 1490 g/mol. The minimum absolute atomic E-state index is 0.00432. The normalized spacial score (nSPS) is 23.0. The number of unbranched alkanes of at least 4 members (excludes halogenated alkanes) is 1. The van der Waals surface area contributed by atoms with Crippen molar-refractivity contribution in [3.63, 3.8) is 0 Å². The number of carbonyl (C=O) groups is 11. The van der Waals surface area contributed by atoms with E-state index in [0.29, 0.717) is 57.2 Å². The summed E-state index contributed by atoms with van der Waals surface area (Å²) in [6.07, 6.45) is 4.70. The number of phenols is 1. The number of amides is 10. The fraction of sp³-hybridized carbons (Fsp3) is 0.417. The zero-order valence-electron chi connectivity index (χ0n) is 57.8. The minimum Gasteiger partial charge on any atom is -0.508 e. The molecule has 9 rings (SSSR count). The molecule has 33 heteroatoms. The lowest BCUT2D eigenvalue weighted by molar-refractivity contribution is -0.147. The van der Waals surface area contributed by atoms with Gasteiger partial charge in [-0.3, -0.25) is 52.7 Å². The molecular formula is C72H86F3N15O13S2. The van der Waals surface area contributed by atoms with Crippen molar-refractivity contribution in [3.8, 4) is 5.75 Å². The predicted octanol–water partition coefficient (Wildman–Crippen LogP) is 3.48. The number of hydrogen-bond donors (Lipinski definition) is 15. The molecule has 1 saturated heterocycles. The molecule has 17 N–H and O–H groups in total. The maximum Gasteiger partial charge on any atom is 0.305 e. The zero-order valence-corrected chi connectivity index (χ0v) is 59.4. The van der Waals surface area contributed by atoms with Crippen molar-refractivity contribution < 1.29 is 76.1 Å². The van der Waals surface area contributed by atoms with E-state index in [0.717, 1.165) is 0 Å². The van der Waals surface area contributed by atoms with Crippen LogP contribution in [0.2, 0.25) is 0 Å². The first-order valence-corrected chi connectivity index (χ1v) is 36.7. The number of halogens is 3. The number of nitrogens with zero attached hydrogens (tertiary/aromatic N) is 2. The number of rotatable bonds is 17. The number of phenolic OH excluding ortho intramolecular Hbond substituents is 1. The highest BCUT2D eigenvalue weighted by atomic mass is 32.2. The predicted molar refractivity (Wildman–Crippen MR) is 385 cm³/mol. The van der Waals surface area contributed by atoms with Gasteiger partial charge in [0.1, 0.15) is 77.1 Å². The Labute approximate surface area is 610 Å². The van der Waals surface area contributed by atoms with Crippen LogP contribution in [0.15, 0.2) is 104 Å². The third-order valence-electron chi connectivity index (χ3n) is 18.5. The van der Waals surface area contributed by atoms with Gasteiger partial charge in [0.15, 0.2) is 0 Å². The Morgan fingerprint density at radius 3 is 1.86 bits per heavy atom. The van der Waals surface area contributed by atoms with E-state index in [1.165, 1.54) is 134 Å². The highest BCUT2D eigenvalue weighted by molar-refractivity contribution is 7.98. The molecular weight excluding hydrogens is 1400 g/mol. The van der Waals surface area contributed by atoms with Crippen LogP contribution >= 0.6 is 23.5 Å². The summed E-state index contributed by atoms with van der Waals surface area (Å²) in [6.45, 7) is 3.07. The molecule has 0 saturated carbocycles.